The summed E-state index contributed by atoms with van der Waals surface area (Å²) in [5.41, 5.74) is 2.05. The molecule has 1 N–H and O–H groups in total. The maximum atomic E-state index is 12.1. The van der Waals surface area contributed by atoms with E-state index >= 15 is 0 Å². The fraction of sp³-hybridized carbons (Fsp3) is 0.312. The second-order valence-corrected chi connectivity index (χ2v) is 6.38. The molecule has 0 aliphatic heterocycles. The number of amides is 1. The first-order valence-corrected chi connectivity index (χ1v) is 8.74. The van der Waals surface area contributed by atoms with E-state index < -0.39 is 0 Å². The van der Waals surface area contributed by atoms with E-state index in [1.165, 1.54) is 11.3 Å². The maximum Gasteiger partial charge on any atom is 0.259 e. The van der Waals surface area contributed by atoms with E-state index in [0.717, 1.165) is 31.2 Å². The van der Waals surface area contributed by atoms with Gasteiger partial charge in [-0.2, -0.15) is 0 Å². The van der Waals surface area contributed by atoms with E-state index in [4.69, 9.17) is 0 Å². The van der Waals surface area contributed by atoms with Gasteiger partial charge in [-0.05, 0) is 25.5 Å². The van der Waals surface area contributed by atoms with Gasteiger partial charge >= 0.3 is 0 Å². The number of aryl methyl sites for hydroxylation is 2. The molecule has 8 nitrogen and oxygen atoms in total. The molecule has 0 bridgehead atoms. The van der Waals surface area contributed by atoms with Crippen LogP contribution in [0.25, 0.3) is 0 Å². The van der Waals surface area contributed by atoms with E-state index in [0.29, 0.717) is 10.7 Å². The number of nitrogens with zero attached hydrogens (tertiary/aromatic N) is 6. The third-order valence-electron chi connectivity index (χ3n) is 3.80. The smallest absolute Gasteiger partial charge is 0.259 e. The van der Waals surface area contributed by atoms with Gasteiger partial charge in [0, 0.05) is 38.7 Å². The normalized spacial score (nSPS) is 10.6. The highest BCUT2D eigenvalue weighted by atomic mass is 32.1. The number of nitrogens with one attached hydrogen (secondary N) is 1. The highest BCUT2D eigenvalue weighted by Crippen LogP contribution is 2.13. The van der Waals surface area contributed by atoms with Crippen LogP contribution in [0.1, 0.15) is 22.6 Å². The Hall–Kier alpha value is -2.81. The van der Waals surface area contributed by atoms with Gasteiger partial charge in [-0.1, -0.05) is 11.3 Å². The predicted octanol–water partition coefficient (Wildman–Crippen LogP) is 2.22. The van der Waals surface area contributed by atoms with Crippen molar-refractivity contribution in [1.29, 1.82) is 0 Å². The Morgan fingerprint density at radius 2 is 2.24 bits per heavy atom. The quantitative estimate of drug-likeness (QED) is 0.697. The number of aromatic nitrogens is 5. The second-order valence-electron chi connectivity index (χ2n) is 5.55. The van der Waals surface area contributed by atoms with Gasteiger partial charge in [0.15, 0.2) is 0 Å². The van der Waals surface area contributed by atoms with Gasteiger partial charge in [-0.25, -0.2) is 9.97 Å². The minimum Gasteiger partial charge on any atom is -0.360 e. The summed E-state index contributed by atoms with van der Waals surface area (Å²) >= 11 is 1.27. The van der Waals surface area contributed by atoms with Crippen LogP contribution in [-0.2, 0) is 6.54 Å². The van der Waals surface area contributed by atoms with E-state index in [1.807, 2.05) is 32.4 Å². The van der Waals surface area contributed by atoms with Crippen molar-refractivity contribution in [3.8, 4) is 0 Å². The van der Waals surface area contributed by atoms with Gasteiger partial charge in [-0.15, -0.1) is 10.2 Å². The molecule has 3 aromatic rings. The third-order valence-corrected chi connectivity index (χ3v) is 4.40. The Labute approximate surface area is 149 Å². The zero-order valence-electron chi connectivity index (χ0n) is 14.1. The predicted molar refractivity (Wildman–Crippen MR) is 97.0 cm³/mol. The van der Waals surface area contributed by atoms with E-state index in [1.54, 1.807) is 17.8 Å². The van der Waals surface area contributed by atoms with Gasteiger partial charge in [-0.3, -0.25) is 10.1 Å². The van der Waals surface area contributed by atoms with E-state index in [9.17, 15) is 4.79 Å². The molecule has 0 aromatic carbocycles. The van der Waals surface area contributed by atoms with Crippen molar-refractivity contribution in [2.75, 3.05) is 23.8 Å². The number of carbonyl (C=O) groups is 1. The lowest BCUT2D eigenvalue weighted by Crippen LogP contribution is -2.21. The fourth-order valence-corrected chi connectivity index (χ4v) is 2.82. The fourth-order valence-electron chi connectivity index (χ4n) is 2.38. The molecule has 0 saturated carbocycles. The zero-order chi connectivity index (χ0) is 17.6. The van der Waals surface area contributed by atoms with Crippen LogP contribution in [-0.4, -0.2) is 44.2 Å². The van der Waals surface area contributed by atoms with Crippen LogP contribution in [0.2, 0.25) is 0 Å². The highest BCUT2D eigenvalue weighted by molar-refractivity contribution is 7.13. The first-order valence-electron chi connectivity index (χ1n) is 7.86. The lowest BCUT2D eigenvalue weighted by atomic mass is 10.2. The summed E-state index contributed by atoms with van der Waals surface area (Å²) in [4.78, 5) is 22.8. The Bertz CT molecular complexity index is 813. The number of carbonyl (C=O) groups excluding carboxylic acids is 1. The summed E-state index contributed by atoms with van der Waals surface area (Å²) in [5, 5.41) is 10.6. The number of hydrogen-bond acceptors (Lipinski definition) is 7. The van der Waals surface area contributed by atoms with Crippen molar-refractivity contribution in [2.45, 2.75) is 19.9 Å². The van der Waals surface area contributed by atoms with Crippen LogP contribution in [0.4, 0.5) is 10.9 Å². The third kappa shape index (κ3) is 4.38. The maximum absolute atomic E-state index is 12.1. The number of pyridine rings is 1. The Morgan fingerprint density at radius 3 is 2.88 bits per heavy atom. The first kappa shape index (κ1) is 17.0. The topological polar surface area (TPSA) is 88.8 Å². The molecule has 3 rings (SSSR count). The first-order chi connectivity index (χ1) is 12.1. The second kappa shape index (κ2) is 7.84. The monoisotopic (exact) mass is 357 g/mol. The number of imidazole rings is 1. The Kier molecular flexibility index (Phi) is 5.34. The lowest BCUT2D eigenvalue weighted by molar-refractivity contribution is 0.102. The minimum atomic E-state index is -0.242. The summed E-state index contributed by atoms with van der Waals surface area (Å²) in [5.74, 6) is 1.61. The van der Waals surface area contributed by atoms with E-state index in [2.05, 4.69) is 34.9 Å². The average molecular weight is 357 g/mol. The molecule has 0 unspecified atom stereocenters. The average Bonchev–Trinajstić information content (AvgIpc) is 3.27. The molecule has 0 fully saturated rings. The summed E-state index contributed by atoms with van der Waals surface area (Å²) in [6.45, 7) is 3.77. The molecule has 3 aromatic heterocycles. The molecule has 0 aliphatic rings. The van der Waals surface area contributed by atoms with Crippen molar-refractivity contribution in [3.05, 3.63) is 47.6 Å². The number of hydrogen-bond donors (Lipinski definition) is 1. The van der Waals surface area contributed by atoms with Crippen molar-refractivity contribution in [3.63, 3.8) is 0 Å². The van der Waals surface area contributed by atoms with Crippen LogP contribution in [0, 0.1) is 6.92 Å². The molecule has 25 heavy (non-hydrogen) atoms. The van der Waals surface area contributed by atoms with Crippen molar-refractivity contribution in [2.24, 2.45) is 0 Å². The zero-order valence-corrected chi connectivity index (χ0v) is 14.9. The SMILES string of the molecule is Cc1nccn1CCCN(C)c1ccc(C(=O)Nc2nncs2)cn1. The van der Waals surface area contributed by atoms with Crippen LogP contribution in [0.3, 0.4) is 0 Å². The van der Waals surface area contributed by atoms with Gasteiger partial charge < -0.3 is 9.47 Å². The molecule has 0 saturated heterocycles. The van der Waals surface area contributed by atoms with Gasteiger partial charge in [0.05, 0.1) is 5.56 Å². The molecule has 3 heterocycles. The molecule has 0 aliphatic carbocycles. The minimum absolute atomic E-state index is 0.242. The molecular formula is C16H19N7OS. The van der Waals surface area contributed by atoms with Crippen LogP contribution in [0.5, 0.6) is 0 Å². The number of rotatable bonds is 7. The summed E-state index contributed by atoms with van der Waals surface area (Å²) in [6, 6.07) is 3.60. The highest BCUT2D eigenvalue weighted by Gasteiger charge is 2.10. The largest absolute Gasteiger partial charge is 0.360 e. The molecular weight excluding hydrogens is 338 g/mol. The van der Waals surface area contributed by atoms with Crippen LogP contribution < -0.4 is 10.2 Å². The summed E-state index contributed by atoms with van der Waals surface area (Å²) < 4.78 is 2.13. The molecule has 0 spiro atoms. The van der Waals surface area contributed by atoms with Crippen LogP contribution >= 0.6 is 11.3 Å². The van der Waals surface area contributed by atoms with Crippen LogP contribution in [0.15, 0.2) is 36.2 Å². The van der Waals surface area contributed by atoms with Crippen molar-refractivity contribution < 1.29 is 4.79 Å². The standard InChI is InChI=1S/C16H19N7OS/c1-12-17-6-9-23(12)8-3-7-22(2)14-5-4-13(10-18-14)15(24)20-16-21-19-11-25-16/h4-6,9-11H,3,7-8H2,1-2H3,(H,20,21,24). The molecule has 0 radical (unpaired) electrons. The molecule has 0 atom stereocenters. The Balaban J connectivity index is 1.52. The van der Waals surface area contributed by atoms with Gasteiger partial charge in [0.25, 0.3) is 5.91 Å². The van der Waals surface area contributed by atoms with Gasteiger partial charge in [0.1, 0.15) is 17.2 Å². The number of anilines is 2. The molecule has 9 heteroatoms. The van der Waals surface area contributed by atoms with Gasteiger partial charge in [0.2, 0.25) is 5.13 Å². The summed E-state index contributed by atoms with van der Waals surface area (Å²) in [7, 11) is 1.99. The molecule has 130 valence electrons. The summed E-state index contributed by atoms with van der Waals surface area (Å²) in [6.07, 6.45) is 6.35. The lowest BCUT2D eigenvalue weighted by Gasteiger charge is -2.18. The van der Waals surface area contributed by atoms with E-state index in [-0.39, 0.29) is 5.91 Å². The molecule has 1 amide bonds. The Morgan fingerprint density at radius 1 is 1.36 bits per heavy atom. The van der Waals surface area contributed by atoms with Crippen molar-refractivity contribution in [1.82, 2.24) is 24.7 Å². The van der Waals surface area contributed by atoms with Crippen molar-refractivity contribution >= 4 is 28.2 Å².